The summed E-state index contributed by atoms with van der Waals surface area (Å²) in [6.45, 7) is 5.50. The molecule has 0 amide bonds. The van der Waals surface area contributed by atoms with Crippen molar-refractivity contribution in [3.05, 3.63) is 0 Å². The average Bonchev–Trinajstić information content (AvgIpc) is 2.03. The molecule has 0 aliphatic heterocycles. The number of ether oxygens (including phenoxy) is 1. The summed E-state index contributed by atoms with van der Waals surface area (Å²) in [6, 6.07) is 0. The summed E-state index contributed by atoms with van der Waals surface area (Å²) in [7, 11) is -0.168. The highest BCUT2D eigenvalue weighted by Gasteiger charge is 2.33. The molecule has 0 saturated carbocycles. The van der Waals surface area contributed by atoms with Gasteiger partial charge in [0.25, 0.3) is 0 Å². The van der Waals surface area contributed by atoms with E-state index in [4.69, 9.17) is 4.74 Å². The Morgan fingerprint density at radius 3 is 2.36 bits per heavy atom. The summed E-state index contributed by atoms with van der Waals surface area (Å²) >= 11 is 0. The molecule has 0 bridgehead atoms. The van der Waals surface area contributed by atoms with Gasteiger partial charge in [0, 0.05) is 0 Å². The Hall–Kier alpha value is -0.430. The minimum absolute atomic E-state index is 0.168. The Balaban J connectivity index is 4.24. The maximum atomic E-state index is 11.1. The summed E-state index contributed by atoms with van der Waals surface area (Å²) in [6.07, 6.45) is 0.525. The first-order valence-corrected chi connectivity index (χ1v) is 4.43. The molecule has 0 saturated heterocycles. The van der Waals surface area contributed by atoms with E-state index in [0.29, 0.717) is 13.0 Å². The normalized spacial score (nSPS) is 15.9. The van der Waals surface area contributed by atoms with Gasteiger partial charge in [-0.1, -0.05) is 6.92 Å². The molecular weight excluding hydrogens is 163 g/mol. The summed E-state index contributed by atoms with van der Waals surface area (Å²) in [5.41, 5.74) is 0. The molecule has 0 aromatic rings. The van der Waals surface area contributed by atoms with E-state index in [2.05, 4.69) is 0 Å². The van der Waals surface area contributed by atoms with Crippen LogP contribution < -0.4 is 0 Å². The Bertz CT molecular complexity index is 158. The van der Waals surface area contributed by atoms with Crippen molar-refractivity contribution in [3.8, 4) is 0 Å². The Labute approximate surface area is 68.3 Å². The number of esters is 1. The molecule has 0 heterocycles. The van der Waals surface area contributed by atoms with Gasteiger partial charge in [0.2, 0.25) is 0 Å². The second kappa shape index (κ2) is 4.45. The lowest BCUT2D eigenvalue weighted by atomic mass is 10.1. The topological polar surface area (TPSA) is 43.4 Å². The Morgan fingerprint density at radius 1 is 1.55 bits per heavy atom. The molecule has 64 valence electrons. The quantitative estimate of drug-likeness (QED) is 0.486. The Morgan fingerprint density at radius 2 is 2.09 bits per heavy atom. The van der Waals surface area contributed by atoms with Gasteiger partial charge in [-0.25, -0.2) is 0 Å². The molecule has 0 spiro atoms. The first kappa shape index (κ1) is 10.6. The van der Waals surface area contributed by atoms with Crippen LogP contribution >= 0.6 is 8.46 Å². The molecule has 0 aromatic carbocycles. The molecule has 4 heteroatoms. The summed E-state index contributed by atoms with van der Waals surface area (Å²) in [4.78, 5) is 11.1. The van der Waals surface area contributed by atoms with Gasteiger partial charge in [-0.05, 0) is 20.3 Å². The average molecular weight is 176 g/mol. The minimum Gasteiger partial charge on any atom is -0.465 e. The van der Waals surface area contributed by atoms with Crippen molar-refractivity contribution in [2.45, 2.75) is 32.3 Å². The van der Waals surface area contributed by atoms with Gasteiger partial charge in [0.15, 0.2) is 8.46 Å². The molecule has 0 radical (unpaired) electrons. The van der Waals surface area contributed by atoms with Crippen molar-refractivity contribution < 1.29 is 14.1 Å². The van der Waals surface area contributed by atoms with Crippen LogP contribution in [-0.2, 0) is 14.1 Å². The zero-order chi connectivity index (χ0) is 8.91. The van der Waals surface area contributed by atoms with Gasteiger partial charge in [0.1, 0.15) is 5.16 Å². The second-order valence-corrected chi connectivity index (χ2v) is 3.61. The van der Waals surface area contributed by atoms with Crippen LogP contribution in [0.1, 0.15) is 27.2 Å². The van der Waals surface area contributed by atoms with Crippen LogP contribution in [0, 0.1) is 0 Å². The van der Waals surface area contributed by atoms with E-state index >= 15 is 0 Å². The zero-order valence-electron chi connectivity index (χ0n) is 7.09. The van der Waals surface area contributed by atoms with Gasteiger partial charge in [-0.3, -0.25) is 9.36 Å². The third-order valence-electron chi connectivity index (χ3n) is 1.61. The molecule has 0 aliphatic carbocycles. The second-order valence-electron chi connectivity index (χ2n) is 2.44. The lowest BCUT2D eigenvalue weighted by molar-refractivity contribution is -0.145. The van der Waals surface area contributed by atoms with Crippen LogP contribution in [0.25, 0.3) is 0 Å². The summed E-state index contributed by atoms with van der Waals surface area (Å²) in [5, 5.41) is -0.851. The van der Waals surface area contributed by atoms with Gasteiger partial charge >= 0.3 is 5.97 Å². The highest BCUT2D eigenvalue weighted by atomic mass is 31.1. The SMILES string of the molecule is CCOC(=O)C(C)(CC)P=O. The maximum Gasteiger partial charge on any atom is 0.323 e. The minimum atomic E-state index is -0.851. The molecule has 0 aromatic heterocycles. The highest BCUT2D eigenvalue weighted by molar-refractivity contribution is 7.27. The van der Waals surface area contributed by atoms with E-state index in [1.54, 1.807) is 13.8 Å². The predicted octanol–water partition coefficient (Wildman–Crippen LogP) is 2.01. The number of rotatable bonds is 4. The first-order chi connectivity index (χ1) is 5.10. The smallest absolute Gasteiger partial charge is 0.323 e. The van der Waals surface area contributed by atoms with Gasteiger partial charge in [-0.2, -0.15) is 0 Å². The van der Waals surface area contributed by atoms with Crippen LogP contribution in [0.2, 0.25) is 0 Å². The lowest BCUT2D eigenvalue weighted by Crippen LogP contribution is -2.30. The molecule has 11 heavy (non-hydrogen) atoms. The number of carbonyl (C=O) groups excluding carboxylic acids is 1. The van der Waals surface area contributed by atoms with E-state index in [1.807, 2.05) is 6.92 Å². The van der Waals surface area contributed by atoms with Gasteiger partial charge in [0.05, 0.1) is 6.61 Å². The van der Waals surface area contributed by atoms with Gasteiger partial charge in [-0.15, -0.1) is 0 Å². The number of carbonyl (C=O) groups is 1. The van der Waals surface area contributed by atoms with Crippen molar-refractivity contribution >= 4 is 14.4 Å². The molecular formula is C7H13O3P. The first-order valence-electron chi connectivity index (χ1n) is 3.62. The van der Waals surface area contributed by atoms with E-state index in [-0.39, 0.29) is 14.4 Å². The molecule has 3 nitrogen and oxygen atoms in total. The third-order valence-corrected chi connectivity index (χ3v) is 2.51. The number of hydrogen-bond donors (Lipinski definition) is 0. The molecule has 0 fully saturated rings. The molecule has 1 unspecified atom stereocenters. The molecule has 1 atom stereocenters. The Kier molecular flexibility index (Phi) is 4.27. The maximum absolute atomic E-state index is 11.1. The van der Waals surface area contributed by atoms with Crippen LogP contribution in [0.4, 0.5) is 0 Å². The fourth-order valence-electron chi connectivity index (χ4n) is 0.533. The van der Waals surface area contributed by atoms with E-state index in [9.17, 15) is 9.36 Å². The summed E-state index contributed by atoms with van der Waals surface area (Å²) < 4.78 is 15.3. The third kappa shape index (κ3) is 2.58. The zero-order valence-corrected chi connectivity index (χ0v) is 7.98. The highest BCUT2D eigenvalue weighted by Crippen LogP contribution is 2.27. The molecule has 0 rings (SSSR count). The van der Waals surface area contributed by atoms with E-state index in [1.165, 1.54) is 0 Å². The lowest BCUT2D eigenvalue weighted by Gasteiger charge is -2.16. The predicted molar refractivity (Wildman–Crippen MR) is 42.9 cm³/mol. The van der Waals surface area contributed by atoms with Crippen molar-refractivity contribution in [1.82, 2.24) is 0 Å². The van der Waals surface area contributed by atoms with Crippen LogP contribution in [0.15, 0.2) is 0 Å². The van der Waals surface area contributed by atoms with Crippen molar-refractivity contribution in [1.29, 1.82) is 0 Å². The fourth-order valence-corrected chi connectivity index (χ4v) is 0.801. The molecule has 0 N–H and O–H groups in total. The van der Waals surface area contributed by atoms with Crippen LogP contribution in [-0.4, -0.2) is 17.7 Å². The molecule has 0 aliphatic rings. The van der Waals surface area contributed by atoms with Gasteiger partial charge < -0.3 is 4.74 Å². The number of hydrogen-bond acceptors (Lipinski definition) is 3. The standard InChI is InChI=1S/C7H13O3P/c1-4-7(3,11-9)6(8)10-5-2/h4-5H2,1-3H3. The van der Waals surface area contributed by atoms with Crippen molar-refractivity contribution in [2.24, 2.45) is 0 Å². The van der Waals surface area contributed by atoms with E-state index < -0.39 is 5.16 Å². The summed E-state index contributed by atoms with van der Waals surface area (Å²) in [5.74, 6) is -0.390. The van der Waals surface area contributed by atoms with E-state index in [0.717, 1.165) is 0 Å². The van der Waals surface area contributed by atoms with Crippen LogP contribution in [0.5, 0.6) is 0 Å². The van der Waals surface area contributed by atoms with Crippen molar-refractivity contribution in [2.75, 3.05) is 6.61 Å². The largest absolute Gasteiger partial charge is 0.465 e. The van der Waals surface area contributed by atoms with Crippen molar-refractivity contribution in [3.63, 3.8) is 0 Å². The monoisotopic (exact) mass is 176 g/mol. The fraction of sp³-hybridized carbons (Fsp3) is 0.857. The van der Waals surface area contributed by atoms with Crippen LogP contribution in [0.3, 0.4) is 0 Å².